The Hall–Kier alpha value is -2.65. The molecule has 0 amide bonds. The van der Waals surface area contributed by atoms with Crippen LogP contribution >= 0.6 is 0 Å². The Kier molecular flexibility index (Phi) is 4.71. The second kappa shape index (κ2) is 7.16. The number of ether oxygens (including phenoxy) is 1. The molecule has 0 saturated heterocycles. The summed E-state index contributed by atoms with van der Waals surface area (Å²) in [5, 5.41) is 0. The van der Waals surface area contributed by atoms with Gasteiger partial charge in [-0.3, -0.25) is 4.98 Å². The molecule has 5 rings (SSSR count). The van der Waals surface area contributed by atoms with Crippen LogP contribution in [0.15, 0.2) is 55.1 Å². The van der Waals surface area contributed by atoms with Crippen molar-refractivity contribution in [2.24, 2.45) is 7.05 Å². The number of fused-ring (bicyclic) bond motifs is 3. The minimum atomic E-state index is 0. The summed E-state index contributed by atoms with van der Waals surface area (Å²) in [7, 11) is 1.93. The van der Waals surface area contributed by atoms with E-state index >= 15 is 0 Å². The zero-order valence-electron chi connectivity index (χ0n) is 14.6. The first-order valence-electron chi connectivity index (χ1n) is 8.50. The molecule has 0 spiro atoms. The molecular weight excluding hydrogens is 519 g/mol. The van der Waals surface area contributed by atoms with Crippen LogP contribution in [0, 0.1) is 18.5 Å². The first-order chi connectivity index (χ1) is 12.8. The zero-order chi connectivity index (χ0) is 17.5. The van der Waals surface area contributed by atoms with Crippen LogP contribution in [0.1, 0.15) is 5.56 Å². The normalized spacial score (nSPS) is 12.0. The van der Waals surface area contributed by atoms with Gasteiger partial charge in [0.1, 0.15) is 0 Å². The van der Waals surface area contributed by atoms with E-state index < -0.39 is 0 Å². The van der Waals surface area contributed by atoms with Gasteiger partial charge in [0.2, 0.25) is 6.33 Å². The quantitative estimate of drug-likeness (QED) is 0.299. The maximum atomic E-state index is 6.02. The zero-order valence-corrected chi connectivity index (χ0v) is 16.9. The SMILES string of the molecule is C[n+]1[c-]n(-c2[c-]c(Oc3[c-]c4c(cc3)CCn3ccnc3-4)ccc2)cc1.[Pt]. The largest absolute Gasteiger partial charge is 0.504 e. The summed E-state index contributed by atoms with van der Waals surface area (Å²) < 4.78 is 11.9. The summed E-state index contributed by atoms with van der Waals surface area (Å²) in [6.45, 7) is 0.955. The Labute approximate surface area is 172 Å². The smallest absolute Gasteiger partial charge is 0.241 e. The van der Waals surface area contributed by atoms with Crippen LogP contribution in [0.5, 0.6) is 11.5 Å². The molecule has 138 valence electrons. The molecule has 2 aromatic carbocycles. The molecule has 3 heterocycles. The molecule has 0 bridgehead atoms. The van der Waals surface area contributed by atoms with Gasteiger partial charge in [0.25, 0.3) is 0 Å². The van der Waals surface area contributed by atoms with Crippen LogP contribution in [0.3, 0.4) is 0 Å². The van der Waals surface area contributed by atoms with Crippen molar-refractivity contribution in [2.75, 3.05) is 0 Å². The summed E-state index contributed by atoms with van der Waals surface area (Å²) >= 11 is 0. The minimum Gasteiger partial charge on any atom is -0.504 e. The molecule has 1 aliphatic heterocycles. The average Bonchev–Trinajstić information content (AvgIpc) is 3.31. The molecule has 0 aliphatic carbocycles. The van der Waals surface area contributed by atoms with Crippen molar-refractivity contribution in [1.82, 2.24) is 14.1 Å². The molecule has 0 unspecified atom stereocenters. The van der Waals surface area contributed by atoms with E-state index in [-0.39, 0.29) is 21.1 Å². The van der Waals surface area contributed by atoms with Gasteiger partial charge in [0.05, 0.1) is 12.9 Å². The fourth-order valence-electron chi connectivity index (χ4n) is 3.22. The molecule has 0 N–H and O–H groups in total. The topological polar surface area (TPSA) is 35.9 Å². The number of imidazole rings is 2. The Morgan fingerprint density at radius 1 is 1.11 bits per heavy atom. The first-order valence-corrected chi connectivity index (χ1v) is 8.50. The summed E-state index contributed by atoms with van der Waals surface area (Å²) in [6.07, 6.45) is 11.8. The molecule has 5 nitrogen and oxygen atoms in total. The van der Waals surface area contributed by atoms with Crippen LogP contribution < -0.4 is 9.30 Å². The fourth-order valence-corrected chi connectivity index (χ4v) is 3.22. The monoisotopic (exact) mass is 535 g/mol. The van der Waals surface area contributed by atoms with E-state index in [0.717, 1.165) is 30.0 Å². The predicted octanol–water partition coefficient (Wildman–Crippen LogP) is 2.91. The molecule has 0 atom stereocenters. The Bertz CT molecular complexity index is 1100. The summed E-state index contributed by atoms with van der Waals surface area (Å²) in [5.74, 6) is 2.25. The summed E-state index contributed by atoms with van der Waals surface area (Å²) in [5.41, 5.74) is 3.14. The van der Waals surface area contributed by atoms with Crippen LogP contribution in [0.25, 0.3) is 17.1 Å². The van der Waals surface area contributed by atoms with Crippen molar-refractivity contribution < 1.29 is 30.4 Å². The van der Waals surface area contributed by atoms with E-state index in [1.165, 1.54) is 5.56 Å². The Balaban J connectivity index is 0.00000180. The molecule has 4 aromatic rings. The van der Waals surface area contributed by atoms with Crippen molar-refractivity contribution >= 4 is 0 Å². The van der Waals surface area contributed by atoms with Gasteiger partial charge in [-0.1, -0.05) is 11.8 Å². The predicted molar refractivity (Wildman–Crippen MR) is 94.9 cm³/mol. The molecule has 2 aromatic heterocycles. The molecule has 6 heteroatoms. The van der Waals surface area contributed by atoms with Gasteiger partial charge in [0.15, 0.2) is 0 Å². The van der Waals surface area contributed by atoms with Gasteiger partial charge in [0, 0.05) is 63.9 Å². The maximum Gasteiger partial charge on any atom is 0.241 e. The van der Waals surface area contributed by atoms with Crippen molar-refractivity contribution in [3.8, 4) is 28.6 Å². The van der Waals surface area contributed by atoms with Gasteiger partial charge in [-0.2, -0.15) is 12.1 Å². The van der Waals surface area contributed by atoms with Crippen molar-refractivity contribution in [3.63, 3.8) is 0 Å². The number of rotatable bonds is 3. The molecule has 0 saturated carbocycles. The maximum absolute atomic E-state index is 6.02. The number of hydrogen-bond donors (Lipinski definition) is 0. The van der Waals surface area contributed by atoms with Gasteiger partial charge < -0.3 is 18.4 Å². The van der Waals surface area contributed by atoms with Crippen molar-refractivity contribution in [2.45, 2.75) is 13.0 Å². The van der Waals surface area contributed by atoms with Crippen LogP contribution in [-0.2, 0) is 41.1 Å². The minimum absolute atomic E-state index is 0. The van der Waals surface area contributed by atoms with Gasteiger partial charge in [-0.05, 0) is 6.42 Å². The average molecular weight is 535 g/mol. The van der Waals surface area contributed by atoms with Crippen LogP contribution in [-0.4, -0.2) is 14.1 Å². The Morgan fingerprint density at radius 2 is 2.00 bits per heavy atom. The third kappa shape index (κ3) is 3.35. The number of benzene rings is 2. The van der Waals surface area contributed by atoms with Crippen LogP contribution in [0.2, 0.25) is 0 Å². The van der Waals surface area contributed by atoms with E-state index in [1.807, 2.05) is 65.2 Å². The third-order valence-corrected chi connectivity index (χ3v) is 4.50. The van der Waals surface area contributed by atoms with Crippen LogP contribution in [0.4, 0.5) is 0 Å². The van der Waals surface area contributed by atoms with Crippen molar-refractivity contribution in [1.29, 1.82) is 0 Å². The van der Waals surface area contributed by atoms with E-state index in [0.29, 0.717) is 11.5 Å². The summed E-state index contributed by atoms with van der Waals surface area (Å²) in [6, 6.07) is 16.5. The Morgan fingerprint density at radius 3 is 2.85 bits per heavy atom. The summed E-state index contributed by atoms with van der Waals surface area (Å²) in [4.78, 5) is 4.46. The third-order valence-electron chi connectivity index (χ3n) is 4.50. The molecule has 27 heavy (non-hydrogen) atoms. The second-order valence-electron chi connectivity index (χ2n) is 6.30. The number of aryl methyl sites for hydroxylation is 3. The number of nitrogens with zero attached hydrogens (tertiary/aromatic N) is 4. The molecule has 0 radical (unpaired) electrons. The first kappa shape index (κ1) is 17.7. The van der Waals surface area contributed by atoms with Crippen molar-refractivity contribution in [3.05, 3.63) is 79.1 Å². The number of aromatic nitrogens is 4. The van der Waals surface area contributed by atoms with Gasteiger partial charge in [-0.15, -0.1) is 35.4 Å². The van der Waals surface area contributed by atoms with E-state index in [9.17, 15) is 0 Å². The van der Waals surface area contributed by atoms with Gasteiger partial charge in [-0.25, -0.2) is 0 Å². The standard InChI is InChI=1S/C21H16N4O.Pt/c1-23-11-12-25(15-23)17-3-2-4-18(13-17)26-19-6-5-16-7-9-24-10-8-22-21(24)20(16)14-19;/h2-6,8,10-12H,7,9H2,1H3;/q-2;. The van der Waals surface area contributed by atoms with E-state index in [4.69, 9.17) is 4.74 Å². The molecular formula is C21H16N4OPt-2. The van der Waals surface area contributed by atoms with E-state index in [1.54, 1.807) is 0 Å². The fraction of sp³-hybridized carbons (Fsp3) is 0.143. The van der Waals surface area contributed by atoms with E-state index in [2.05, 4.69) is 34.1 Å². The number of hydrogen-bond acceptors (Lipinski definition) is 2. The second-order valence-corrected chi connectivity index (χ2v) is 6.30. The molecule has 1 aliphatic rings. The molecule has 0 fully saturated rings. The van der Waals surface area contributed by atoms with Gasteiger partial charge >= 0.3 is 0 Å².